The van der Waals surface area contributed by atoms with Crippen LogP contribution in [-0.2, 0) is 11.2 Å². The van der Waals surface area contributed by atoms with Gasteiger partial charge in [0.25, 0.3) is 5.91 Å². The van der Waals surface area contributed by atoms with Crippen LogP contribution in [0.2, 0.25) is 5.02 Å². The Hall–Kier alpha value is -3.52. The van der Waals surface area contributed by atoms with Crippen molar-refractivity contribution in [2.75, 3.05) is 31.9 Å². The molecule has 1 saturated heterocycles. The van der Waals surface area contributed by atoms with Crippen molar-refractivity contribution in [1.29, 1.82) is 0 Å². The Morgan fingerprint density at radius 1 is 1.00 bits per heavy atom. The molecule has 1 fully saturated rings. The molecule has 2 amide bonds. The molecule has 1 aliphatic heterocycles. The van der Waals surface area contributed by atoms with Crippen molar-refractivity contribution >= 4 is 29.2 Å². The van der Waals surface area contributed by atoms with Crippen LogP contribution < -0.4 is 5.73 Å². The Balaban J connectivity index is 1.66. The zero-order valence-corrected chi connectivity index (χ0v) is 19.3. The molecule has 1 aromatic carbocycles. The summed E-state index contributed by atoms with van der Waals surface area (Å²) in [4.78, 5) is 41.2. The summed E-state index contributed by atoms with van der Waals surface area (Å²) in [7, 11) is 0. The molecule has 170 valence electrons. The van der Waals surface area contributed by atoms with Crippen LogP contribution in [-0.4, -0.2) is 62.7 Å². The minimum absolute atomic E-state index is 0.0212. The fourth-order valence-electron chi connectivity index (χ4n) is 4.00. The number of nitrogens with two attached hydrogens (primary N) is 1. The smallest absolute Gasteiger partial charge is 0.255 e. The van der Waals surface area contributed by atoms with Crippen molar-refractivity contribution in [2.45, 2.75) is 20.3 Å². The minimum atomic E-state index is -0.144. The number of carbonyl (C=O) groups is 2. The van der Waals surface area contributed by atoms with Gasteiger partial charge in [-0.2, -0.15) is 0 Å². The van der Waals surface area contributed by atoms with Crippen LogP contribution in [0.4, 0.5) is 5.82 Å². The highest BCUT2D eigenvalue weighted by Gasteiger charge is 2.25. The van der Waals surface area contributed by atoms with Gasteiger partial charge in [-0.05, 0) is 30.7 Å². The quantitative estimate of drug-likeness (QED) is 0.635. The number of anilines is 1. The second-order valence-electron chi connectivity index (χ2n) is 7.86. The summed E-state index contributed by atoms with van der Waals surface area (Å²) in [6.45, 7) is 5.58. The molecule has 0 unspecified atom stereocenters. The van der Waals surface area contributed by atoms with Gasteiger partial charge in [-0.25, -0.2) is 15.0 Å². The number of nitrogens with zero attached hydrogens (tertiary/aromatic N) is 5. The molecule has 4 rings (SSSR count). The predicted octanol–water partition coefficient (Wildman–Crippen LogP) is 3.31. The molecule has 0 bridgehead atoms. The maximum absolute atomic E-state index is 13.1. The van der Waals surface area contributed by atoms with Gasteiger partial charge in [0, 0.05) is 56.0 Å². The van der Waals surface area contributed by atoms with Crippen LogP contribution in [0.5, 0.6) is 0 Å². The van der Waals surface area contributed by atoms with Crippen LogP contribution in [0.3, 0.4) is 0 Å². The first kappa shape index (κ1) is 22.7. The van der Waals surface area contributed by atoms with Crippen LogP contribution >= 0.6 is 11.6 Å². The maximum atomic E-state index is 13.1. The van der Waals surface area contributed by atoms with Gasteiger partial charge in [-0.1, -0.05) is 24.6 Å². The predicted molar refractivity (Wildman–Crippen MR) is 128 cm³/mol. The monoisotopic (exact) mass is 464 g/mol. The number of rotatable bonds is 4. The molecule has 1 aliphatic rings. The highest BCUT2D eigenvalue weighted by molar-refractivity contribution is 6.34. The van der Waals surface area contributed by atoms with Gasteiger partial charge in [-0.15, -0.1) is 0 Å². The van der Waals surface area contributed by atoms with E-state index in [0.717, 1.165) is 22.4 Å². The average Bonchev–Trinajstić information content (AvgIpc) is 2.83. The molecule has 2 N–H and O–H groups in total. The number of aromatic nitrogens is 3. The van der Waals surface area contributed by atoms with Gasteiger partial charge in [-0.3, -0.25) is 9.59 Å². The van der Waals surface area contributed by atoms with Gasteiger partial charge < -0.3 is 15.5 Å². The standard InChI is InChI=1S/C24H25ClN6O2/c1-3-20-22(17-5-7-21(26)27-13-17)23(29-14-28-20)16-4-6-18(19(25)12-16)24(33)31-10-8-30(9-11-31)15(2)32/h4-7,12-14H,3,8-11H2,1-2H3,(H2,26,27). The van der Waals surface area contributed by atoms with Gasteiger partial charge in [0.15, 0.2) is 0 Å². The van der Waals surface area contributed by atoms with Crippen molar-refractivity contribution < 1.29 is 9.59 Å². The fourth-order valence-corrected chi connectivity index (χ4v) is 4.26. The van der Waals surface area contributed by atoms with E-state index in [9.17, 15) is 9.59 Å². The number of carbonyl (C=O) groups excluding carboxylic acids is 2. The normalized spacial score (nSPS) is 13.8. The molecule has 0 saturated carbocycles. The molecule has 0 aliphatic carbocycles. The second-order valence-corrected chi connectivity index (χ2v) is 8.27. The summed E-state index contributed by atoms with van der Waals surface area (Å²) >= 11 is 6.58. The van der Waals surface area contributed by atoms with E-state index in [1.165, 1.54) is 6.33 Å². The highest BCUT2D eigenvalue weighted by atomic mass is 35.5. The third-order valence-corrected chi connectivity index (χ3v) is 6.13. The number of hydrogen-bond donors (Lipinski definition) is 1. The van der Waals surface area contributed by atoms with Crippen LogP contribution in [0.15, 0.2) is 42.9 Å². The van der Waals surface area contributed by atoms with E-state index >= 15 is 0 Å². The van der Waals surface area contributed by atoms with E-state index in [-0.39, 0.29) is 11.8 Å². The first-order valence-electron chi connectivity index (χ1n) is 10.8. The zero-order chi connectivity index (χ0) is 23.5. The summed E-state index contributed by atoms with van der Waals surface area (Å²) in [6.07, 6.45) is 3.95. The molecular formula is C24H25ClN6O2. The lowest BCUT2D eigenvalue weighted by Crippen LogP contribution is -2.50. The van der Waals surface area contributed by atoms with Gasteiger partial charge in [0.1, 0.15) is 12.1 Å². The SMILES string of the molecule is CCc1ncnc(-c2ccc(C(=O)N3CCN(C(C)=O)CC3)c(Cl)c2)c1-c1ccc(N)nc1. The van der Waals surface area contributed by atoms with Crippen molar-refractivity contribution in [2.24, 2.45) is 0 Å². The van der Waals surface area contributed by atoms with Crippen LogP contribution in [0.25, 0.3) is 22.4 Å². The number of pyridine rings is 1. The van der Waals surface area contributed by atoms with E-state index in [4.69, 9.17) is 17.3 Å². The lowest BCUT2D eigenvalue weighted by Gasteiger charge is -2.34. The molecule has 0 radical (unpaired) electrons. The van der Waals surface area contributed by atoms with Gasteiger partial charge >= 0.3 is 0 Å². The van der Waals surface area contributed by atoms with Crippen molar-refractivity contribution in [3.63, 3.8) is 0 Å². The third kappa shape index (κ3) is 4.66. The van der Waals surface area contributed by atoms with E-state index in [2.05, 4.69) is 15.0 Å². The Labute approximate surface area is 197 Å². The lowest BCUT2D eigenvalue weighted by atomic mass is 9.97. The molecule has 8 nitrogen and oxygen atoms in total. The van der Waals surface area contributed by atoms with E-state index in [1.807, 2.05) is 19.1 Å². The molecule has 0 spiro atoms. The Morgan fingerprint density at radius 3 is 2.30 bits per heavy atom. The summed E-state index contributed by atoms with van der Waals surface area (Å²) in [5, 5.41) is 0.351. The largest absolute Gasteiger partial charge is 0.384 e. The Morgan fingerprint density at radius 2 is 1.70 bits per heavy atom. The van der Waals surface area contributed by atoms with Crippen molar-refractivity contribution in [3.05, 3.63) is 59.1 Å². The maximum Gasteiger partial charge on any atom is 0.255 e. The first-order valence-corrected chi connectivity index (χ1v) is 11.2. The minimum Gasteiger partial charge on any atom is -0.384 e. The van der Waals surface area contributed by atoms with Gasteiger partial charge in [0.2, 0.25) is 5.91 Å². The molecular weight excluding hydrogens is 440 g/mol. The molecule has 33 heavy (non-hydrogen) atoms. The summed E-state index contributed by atoms with van der Waals surface area (Å²) in [5.41, 5.74) is 10.3. The molecule has 0 atom stereocenters. The van der Waals surface area contributed by atoms with E-state index in [0.29, 0.717) is 54.7 Å². The Kier molecular flexibility index (Phi) is 6.55. The number of piperazine rings is 1. The third-order valence-electron chi connectivity index (χ3n) is 5.82. The number of hydrogen-bond acceptors (Lipinski definition) is 6. The number of nitrogen functional groups attached to an aromatic ring is 1. The first-order chi connectivity index (χ1) is 15.9. The van der Waals surface area contributed by atoms with E-state index < -0.39 is 0 Å². The summed E-state index contributed by atoms with van der Waals surface area (Å²) in [5.74, 6) is 0.313. The fraction of sp³-hybridized carbons (Fsp3) is 0.292. The topological polar surface area (TPSA) is 105 Å². The lowest BCUT2D eigenvalue weighted by molar-refractivity contribution is -0.130. The highest BCUT2D eigenvalue weighted by Crippen LogP contribution is 2.34. The molecule has 3 heterocycles. The average molecular weight is 465 g/mol. The number of amides is 2. The van der Waals surface area contributed by atoms with Gasteiger partial charge in [0.05, 0.1) is 22.0 Å². The molecule has 9 heteroatoms. The second kappa shape index (κ2) is 9.54. The van der Waals surface area contributed by atoms with Crippen LogP contribution in [0, 0.1) is 0 Å². The summed E-state index contributed by atoms with van der Waals surface area (Å²) in [6, 6.07) is 8.98. The number of benzene rings is 1. The van der Waals surface area contributed by atoms with Crippen molar-refractivity contribution in [3.8, 4) is 22.4 Å². The summed E-state index contributed by atoms with van der Waals surface area (Å²) < 4.78 is 0. The van der Waals surface area contributed by atoms with Crippen molar-refractivity contribution in [1.82, 2.24) is 24.8 Å². The molecule has 3 aromatic rings. The zero-order valence-electron chi connectivity index (χ0n) is 18.6. The number of aryl methyl sites for hydroxylation is 1. The Bertz CT molecular complexity index is 1190. The van der Waals surface area contributed by atoms with E-state index in [1.54, 1.807) is 41.1 Å². The van der Waals surface area contributed by atoms with Crippen LogP contribution in [0.1, 0.15) is 29.9 Å². The molecule has 2 aromatic heterocycles. The number of halogens is 1.